The summed E-state index contributed by atoms with van der Waals surface area (Å²) in [6.07, 6.45) is 2.13. The smallest absolute Gasteiger partial charge is 0.247 e. The molecule has 1 N–H and O–H groups in total. The van der Waals surface area contributed by atoms with Gasteiger partial charge in [-0.1, -0.05) is 72.8 Å². The molecule has 0 saturated carbocycles. The van der Waals surface area contributed by atoms with Gasteiger partial charge in [-0.05, 0) is 66.3 Å². The molecule has 0 spiro atoms. The average Bonchev–Trinajstić information content (AvgIpc) is 3.64. The van der Waals surface area contributed by atoms with E-state index < -0.39 is 21.9 Å². The molecule has 4 aromatic rings. The van der Waals surface area contributed by atoms with Crippen LogP contribution in [0.4, 0.5) is 4.39 Å². The fraction of sp³-hybridized carbons (Fsp3) is 0.278. The van der Waals surface area contributed by atoms with E-state index in [-0.39, 0.29) is 36.2 Å². The molecule has 0 unspecified atom stereocenters. The molecule has 2 amide bonds. The Bertz CT molecular complexity index is 1730. The van der Waals surface area contributed by atoms with E-state index >= 15 is 0 Å². The summed E-state index contributed by atoms with van der Waals surface area (Å²) in [7, 11) is -1.97. The Hall–Kier alpha value is -4.54. The van der Waals surface area contributed by atoms with Gasteiger partial charge in [0.2, 0.25) is 21.8 Å². The number of amides is 2. The third-order valence-electron chi connectivity index (χ3n) is 8.16. The Morgan fingerprint density at radius 3 is 2.17 bits per heavy atom. The van der Waals surface area contributed by atoms with Crippen molar-refractivity contribution in [3.63, 3.8) is 0 Å². The van der Waals surface area contributed by atoms with E-state index in [1.54, 1.807) is 55.6 Å². The molecule has 1 aliphatic heterocycles. The highest BCUT2D eigenvalue weighted by Crippen LogP contribution is 2.27. The third-order valence-corrected chi connectivity index (χ3v) is 10.1. The first kappa shape index (κ1) is 32.8. The number of nitrogens with one attached hydrogen (secondary N) is 1. The van der Waals surface area contributed by atoms with Gasteiger partial charge in [-0.25, -0.2) is 12.8 Å². The summed E-state index contributed by atoms with van der Waals surface area (Å²) >= 11 is 0. The van der Waals surface area contributed by atoms with Crippen molar-refractivity contribution in [3.8, 4) is 5.75 Å². The summed E-state index contributed by atoms with van der Waals surface area (Å²) in [5.41, 5.74) is 2.89. The number of ether oxygens (including phenoxy) is 1. The van der Waals surface area contributed by atoms with Gasteiger partial charge in [0.25, 0.3) is 0 Å². The third kappa shape index (κ3) is 7.99. The molecule has 0 aromatic heterocycles. The van der Waals surface area contributed by atoms with Crippen LogP contribution in [0.3, 0.4) is 0 Å². The van der Waals surface area contributed by atoms with E-state index in [4.69, 9.17) is 4.74 Å². The summed E-state index contributed by atoms with van der Waals surface area (Å²) in [6, 6.07) is 28.0. The normalized spacial score (nSPS) is 14.0. The molecule has 1 heterocycles. The van der Waals surface area contributed by atoms with Gasteiger partial charge in [0.15, 0.2) is 0 Å². The van der Waals surface area contributed by atoms with Crippen molar-refractivity contribution in [2.24, 2.45) is 0 Å². The number of sulfonamides is 1. The molecule has 1 aliphatic rings. The van der Waals surface area contributed by atoms with Crippen LogP contribution in [-0.2, 0) is 39.1 Å². The molecule has 0 bridgehead atoms. The Kier molecular flexibility index (Phi) is 10.8. The Balaban J connectivity index is 1.38. The first-order valence-electron chi connectivity index (χ1n) is 15.3. The molecule has 0 radical (unpaired) electrons. The van der Waals surface area contributed by atoms with E-state index in [1.165, 1.54) is 21.3 Å². The number of methoxy groups -OCH3 is 1. The molecule has 4 aromatic carbocycles. The number of carbonyl (C=O) groups excluding carboxylic acids is 2. The van der Waals surface area contributed by atoms with Crippen LogP contribution >= 0.6 is 0 Å². The fourth-order valence-corrected chi connectivity index (χ4v) is 7.16. The summed E-state index contributed by atoms with van der Waals surface area (Å²) in [4.78, 5) is 29.7. The number of hydrogen-bond acceptors (Lipinski definition) is 5. The highest BCUT2D eigenvalue weighted by molar-refractivity contribution is 7.89. The minimum atomic E-state index is -3.54. The molecule has 5 rings (SSSR count). The maximum absolute atomic E-state index is 14.0. The minimum Gasteiger partial charge on any atom is -0.496 e. The van der Waals surface area contributed by atoms with Crippen molar-refractivity contribution in [1.29, 1.82) is 0 Å². The van der Waals surface area contributed by atoms with Gasteiger partial charge in [0.05, 0.1) is 12.0 Å². The van der Waals surface area contributed by atoms with Crippen molar-refractivity contribution in [2.45, 2.75) is 49.7 Å². The Labute approximate surface area is 269 Å². The molecular weight excluding hydrogens is 605 g/mol. The second-order valence-corrected chi connectivity index (χ2v) is 13.2. The monoisotopic (exact) mass is 643 g/mol. The van der Waals surface area contributed by atoms with Gasteiger partial charge >= 0.3 is 0 Å². The number of hydrogen-bond donors (Lipinski definition) is 1. The maximum atomic E-state index is 14.0. The van der Waals surface area contributed by atoms with E-state index in [9.17, 15) is 22.4 Å². The van der Waals surface area contributed by atoms with Crippen LogP contribution in [0.5, 0.6) is 5.75 Å². The second kappa shape index (κ2) is 15.2. The van der Waals surface area contributed by atoms with Crippen LogP contribution < -0.4 is 10.1 Å². The number of rotatable bonds is 13. The van der Waals surface area contributed by atoms with Gasteiger partial charge in [-0.2, -0.15) is 4.31 Å². The van der Waals surface area contributed by atoms with Crippen LogP contribution in [-0.4, -0.2) is 49.6 Å². The van der Waals surface area contributed by atoms with Gasteiger partial charge in [0.1, 0.15) is 17.6 Å². The number of halogens is 1. The standard InChI is InChI=1S/C36H38FN3O5S/c1-45-33-12-6-5-11-30(33)25-38-36(42)35(29-9-3-2-4-10-29)40(26-28-13-18-31(37)19-14-28)34(41)22-17-27-15-20-32(21-16-27)46(43,44)39-23-7-8-24-39/h2-6,9-16,18-21,35H,7-8,17,22-26H2,1H3,(H,38,42)/t35-/m1/s1. The second-order valence-electron chi connectivity index (χ2n) is 11.2. The lowest BCUT2D eigenvalue weighted by atomic mass is 10.0. The quantitative estimate of drug-likeness (QED) is 0.204. The zero-order chi connectivity index (χ0) is 32.5. The molecule has 8 nitrogen and oxygen atoms in total. The van der Waals surface area contributed by atoms with E-state index in [0.717, 1.165) is 24.0 Å². The lowest BCUT2D eigenvalue weighted by Crippen LogP contribution is -2.43. The molecular formula is C36H38FN3O5S. The van der Waals surface area contributed by atoms with Crippen molar-refractivity contribution in [3.05, 3.63) is 131 Å². The average molecular weight is 644 g/mol. The molecule has 1 fully saturated rings. The molecule has 10 heteroatoms. The zero-order valence-corrected chi connectivity index (χ0v) is 26.6. The molecule has 240 valence electrons. The van der Waals surface area contributed by atoms with Crippen LogP contribution in [0.2, 0.25) is 0 Å². The van der Waals surface area contributed by atoms with Gasteiger partial charge < -0.3 is 15.0 Å². The minimum absolute atomic E-state index is 0.0720. The number of nitrogens with zero attached hydrogens (tertiary/aromatic N) is 2. The topological polar surface area (TPSA) is 96.0 Å². The predicted octanol–water partition coefficient (Wildman–Crippen LogP) is 5.64. The Morgan fingerprint density at radius 2 is 1.50 bits per heavy atom. The first-order chi connectivity index (χ1) is 22.3. The maximum Gasteiger partial charge on any atom is 0.247 e. The van der Waals surface area contributed by atoms with Gasteiger partial charge in [-0.15, -0.1) is 0 Å². The summed E-state index contributed by atoms with van der Waals surface area (Å²) in [6.45, 7) is 1.32. The predicted molar refractivity (Wildman–Crippen MR) is 174 cm³/mol. The molecule has 46 heavy (non-hydrogen) atoms. The Morgan fingerprint density at radius 1 is 0.870 bits per heavy atom. The number of para-hydroxylation sites is 1. The largest absolute Gasteiger partial charge is 0.496 e. The molecule has 1 saturated heterocycles. The number of carbonyl (C=O) groups is 2. The number of benzene rings is 4. The lowest BCUT2D eigenvalue weighted by molar-refractivity contribution is -0.141. The van der Waals surface area contributed by atoms with E-state index in [2.05, 4.69) is 5.32 Å². The first-order valence-corrected chi connectivity index (χ1v) is 16.8. The highest BCUT2D eigenvalue weighted by Gasteiger charge is 2.32. The van der Waals surface area contributed by atoms with Crippen LogP contribution in [0.15, 0.2) is 108 Å². The van der Waals surface area contributed by atoms with Gasteiger partial charge in [-0.3, -0.25) is 9.59 Å². The zero-order valence-electron chi connectivity index (χ0n) is 25.8. The summed E-state index contributed by atoms with van der Waals surface area (Å²) in [5, 5.41) is 2.99. The van der Waals surface area contributed by atoms with Gasteiger partial charge in [0, 0.05) is 38.2 Å². The van der Waals surface area contributed by atoms with Crippen LogP contribution in [0.25, 0.3) is 0 Å². The van der Waals surface area contributed by atoms with Crippen molar-refractivity contribution >= 4 is 21.8 Å². The summed E-state index contributed by atoms with van der Waals surface area (Å²) < 4.78 is 46.6. The summed E-state index contributed by atoms with van der Waals surface area (Å²) in [5.74, 6) is -0.410. The van der Waals surface area contributed by atoms with E-state index in [1.807, 2.05) is 42.5 Å². The van der Waals surface area contributed by atoms with Crippen LogP contribution in [0.1, 0.15) is 47.6 Å². The molecule has 0 aliphatic carbocycles. The van der Waals surface area contributed by atoms with Crippen LogP contribution in [0, 0.1) is 5.82 Å². The van der Waals surface area contributed by atoms with Crippen molar-refractivity contribution < 1.29 is 27.1 Å². The molecule has 1 atom stereocenters. The highest BCUT2D eigenvalue weighted by atomic mass is 32.2. The van der Waals surface area contributed by atoms with E-state index in [0.29, 0.717) is 36.4 Å². The lowest BCUT2D eigenvalue weighted by Gasteiger charge is -2.32. The van der Waals surface area contributed by atoms with Crippen molar-refractivity contribution in [2.75, 3.05) is 20.2 Å². The number of aryl methyl sites for hydroxylation is 1. The fourth-order valence-electron chi connectivity index (χ4n) is 5.65. The van der Waals surface area contributed by atoms with Crippen molar-refractivity contribution in [1.82, 2.24) is 14.5 Å². The SMILES string of the molecule is COc1ccccc1CNC(=O)[C@@H](c1ccccc1)N(Cc1ccc(F)cc1)C(=O)CCc1ccc(S(=O)(=O)N2CCCC2)cc1.